The third-order valence-corrected chi connectivity index (χ3v) is 9.11. The van der Waals surface area contributed by atoms with Gasteiger partial charge in [-0.1, -0.05) is 77.8 Å². The third kappa shape index (κ3) is 3.70. The van der Waals surface area contributed by atoms with E-state index in [1.165, 1.54) is 26.7 Å². The van der Waals surface area contributed by atoms with Crippen LogP contribution in [0.2, 0.25) is 0 Å². The summed E-state index contributed by atoms with van der Waals surface area (Å²) in [5.41, 5.74) is 7.45. The van der Waals surface area contributed by atoms with Gasteiger partial charge in [0.25, 0.3) is 0 Å². The third-order valence-electron chi connectivity index (χ3n) is 8.24. The average molecular weight is 738 g/mol. The number of anilines is 2. The summed E-state index contributed by atoms with van der Waals surface area (Å²) in [5.74, 6) is 1.04. The van der Waals surface area contributed by atoms with Crippen LogP contribution in [-0.2, 0) is 21.1 Å². The number of para-hydroxylation sites is 2. The summed E-state index contributed by atoms with van der Waals surface area (Å²) in [6.07, 6.45) is 4.37. The quantitative estimate of drug-likeness (QED) is 0.167. The molecule has 2 atom stereocenters. The molecule has 42 heavy (non-hydrogen) atoms. The van der Waals surface area contributed by atoms with Crippen molar-refractivity contribution in [1.29, 1.82) is 0 Å². The molecule has 0 amide bonds. The largest absolute Gasteiger partial charge is 2.00 e. The molecule has 0 saturated heterocycles. The van der Waals surface area contributed by atoms with Crippen molar-refractivity contribution in [3.8, 4) is 11.3 Å². The Morgan fingerprint density at radius 3 is 2.48 bits per heavy atom. The minimum absolute atomic E-state index is 0. The summed E-state index contributed by atoms with van der Waals surface area (Å²) < 4.78 is 3.45. The Kier molecular flexibility index (Phi) is 5.99. The summed E-state index contributed by atoms with van der Waals surface area (Å²) in [6, 6.07) is 41.3. The Morgan fingerprint density at radius 1 is 0.762 bits per heavy atom. The van der Waals surface area contributed by atoms with Gasteiger partial charge in [-0.05, 0) is 29.5 Å². The van der Waals surface area contributed by atoms with Gasteiger partial charge in [0.2, 0.25) is 0 Å². The number of pyridine rings is 1. The number of nitrogens with zero attached hydrogens (tertiary/aromatic N) is 4. The molecular weight excluding hydrogens is 716 g/mol. The molecule has 0 fully saturated rings. The zero-order valence-electron chi connectivity index (χ0n) is 22.2. The second-order valence-corrected chi connectivity index (χ2v) is 11.3. The number of thiophene rings is 1. The van der Waals surface area contributed by atoms with E-state index in [4.69, 9.17) is 9.98 Å². The summed E-state index contributed by atoms with van der Waals surface area (Å²) in [7, 11) is 0. The Morgan fingerprint density at radius 2 is 1.57 bits per heavy atom. The molecule has 2 aliphatic rings. The van der Waals surface area contributed by atoms with Crippen LogP contribution in [0.4, 0.5) is 11.4 Å². The second kappa shape index (κ2) is 9.90. The number of benzene rings is 4. The summed E-state index contributed by atoms with van der Waals surface area (Å²) in [6.45, 7) is 0. The van der Waals surface area contributed by atoms with Crippen LogP contribution in [0.3, 0.4) is 0 Å². The smallest absolute Gasteiger partial charge is 0.341 e. The topological polar surface area (TPSA) is 33.4 Å². The SMILES string of the molecule is [Pt+2].[c-]1ccccc1-c1ccc2c3ccccc3n(C3=NC4C(C=C3)c3ccccc3N4c3[c-]sc4ccccc34)c2n1. The zero-order valence-corrected chi connectivity index (χ0v) is 25.3. The fraction of sp³-hybridized carbons (Fsp3) is 0.0556. The van der Waals surface area contributed by atoms with Crippen LogP contribution in [0.25, 0.3) is 43.3 Å². The molecule has 0 N–H and O–H groups in total. The molecule has 4 aromatic carbocycles. The van der Waals surface area contributed by atoms with Crippen LogP contribution in [0.5, 0.6) is 0 Å². The van der Waals surface area contributed by atoms with Crippen molar-refractivity contribution in [2.75, 3.05) is 4.90 Å². The Hall–Kier alpha value is -4.31. The van der Waals surface area contributed by atoms with Gasteiger partial charge in [0, 0.05) is 22.4 Å². The summed E-state index contributed by atoms with van der Waals surface area (Å²) in [4.78, 5) is 13.1. The molecule has 5 heterocycles. The first-order valence-corrected chi connectivity index (χ1v) is 14.6. The molecule has 7 aromatic rings. The molecule has 6 heteroatoms. The number of aromatic nitrogens is 2. The molecule has 0 bridgehead atoms. The van der Waals surface area contributed by atoms with Crippen molar-refractivity contribution in [2.24, 2.45) is 4.99 Å². The number of rotatable bonds is 2. The normalized spacial score (nSPS) is 17.3. The second-order valence-electron chi connectivity index (χ2n) is 10.5. The number of hydrogen-bond acceptors (Lipinski definition) is 4. The predicted molar refractivity (Wildman–Crippen MR) is 169 cm³/mol. The maximum Gasteiger partial charge on any atom is 2.00 e. The first kappa shape index (κ1) is 25.4. The van der Waals surface area contributed by atoms with Gasteiger partial charge in [0.1, 0.15) is 17.6 Å². The Balaban J connectivity index is 0.00000267. The maximum absolute atomic E-state index is 5.50. The van der Waals surface area contributed by atoms with Crippen LogP contribution in [0, 0.1) is 11.4 Å². The van der Waals surface area contributed by atoms with Crippen molar-refractivity contribution in [1.82, 2.24) is 9.55 Å². The standard InChI is InChI=1S/C36H22N4S.Pt/c1-2-10-23(11-3-1)29-20-18-26-25-13-5-8-16-31(25)40(35(26)37-29)34-21-19-27-24-12-4-7-15-30(24)39(36(27)38-34)32-22-41-33-17-9-6-14-28(32)33;/h1-10,12-21,27,36H;/q-2;+2. The molecule has 0 aliphatic carbocycles. The molecule has 0 saturated carbocycles. The van der Waals surface area contributed by atoms with Crippen LogP contribution < -0.4 is 4.90 Å². The minimum atomic E-state index is -0.122. The van der Waals surface area contributed by atoms with Gasteiger partial charge >= 0.3 is 21.1 Å². The molecule has 2 unspecified atom stereocenters. The summed E-state index contributed by atoms with van der Waals surface area (Å²) in [5, 5.41) is 7.11. The Bertz CT molecular complexity index is 2190. The summed E-state index contributed by atoms with van der Waals surface area (Å²) >= 11 is 1.67. The average Bonchev–Trinajstić information content (AvgIpc) is 3.70. The number of fused-ring (bicyclic) bond motifs is 7. The number of allylic oxidation sites excluding steroid dienone is 1. The monoisotopic (exact) mass is 737 g/mol. The molecular formula is C36H22N4PtS. The molecule has 2 aliphatic heterocycles. The van der Waals surface area contributed by atoms with Crippen LogP contribution >= 0.6 is 11.3 Å². The van der Waals surface area contributed by atoms with Crippen molar-refractivity contribution >= 4 is 60.6 Å². The zero-order chi connectivity index (χ0) is 26.9. The van der Waals surface area contributed by atoms with Gasteiger partial charge in [-0.2, -0.15) is 0 Å². The molecule has 3 aromatic heterocycles. The molecule has 4 nitrogen and oxygen atoms in total. The van der Waals surface area contributed by atoms with Crippen molar-refractivity contribution in [2.45, 2.75) is 12.1 Å². The van der Waals surface area contributed by atoms with E-state index in [0.29, 0.717) is 0 Å². The Labute approximate surface area is 261 Å². The predicted octanol–water partition coefficient (Wildman–Crippen LogP) is 8.75. The molecule has 9 rings (SSSR count). The van der Waals surface area contributed by atoms with Crippen molar-refractivity contribution in [3.05, 3.63) is 138 Å². The molecule has 0 spiro atoms. The van der Waals surface area contributed by atoms with E-state index >= 15 is 0 Å². The van der Waals surface area contributed by atoms with Crippen molar-refractivity contribution in [3.63, 3.8) is 0 Å². The fourth-order valence-corrected chi connectivity index (χ4v) is 7.25. The number of dihydropyridines is 1. The van der Waals surface area contributed by atoms with Gasteiger partial charge in [0.05, 0.1) is 5.52 Å². The van der Waals surface area contributed by atoms with Gasteiger partial charge in [-0.25, -0.2) is 4.99 Å². The van der Waals surface area contributed by atoms with E-state index < -0.39 is 0 Å². The number of hydrogen-bond donors (Lipinski definition) is 0. The van der Waals surface area contributed by atoms with Gasteiger partial charge in [0.15, 0.2) is 0 Å². The van der Waals surface area contributed by atoms with Gasteiger partial charge < -0.3 is 4.90 Å². The van der Waals surface area contributed by atoms with Crippen LogP contribution in [-0.4, -0.2) is 21.6 Å². The molecule has 202 valence electrons. The van der Waals surface area contributed by atoms with E-state index in [1.807, 2.05) is 18.2 Å². The fourth-order valence-electron chi connectivity index (χ4n) is 6.41. The number of aliphatic imine (C=N–C) groups is 1. The molecule has 0 radical (unpaired) electrons. The van der Waals surface area contributed by atoms with E-state index in [9.17, 15) is 0 Å². The van der Waals surface area contributed by atoms with E-state index in [-0.39, 0.29) is 33.1 Å². The van der Waals surface area contributed by atoms with E-state index in [0.717, 1.165) is 39.3 Å². The maximum atomic E-state index is 5.50. The van der Waals surface area contributed by atoms with E-state index in [1.54, 1.807) is 11.3 Å². The van der Waals surface area contributed by atoms with Crippen molar-refractivity contribution < 1.29 is 21.1 Å². The minimum Gasteiger partial charge on any atom is -0.341 e. The first-order valence-electron chi connectivity index (χ1n) is 13.8. The van der Waals surface area contributed by atoms with Crippen LogP contribution in [0.1, 0.15) is 11.5 Å². The van der Waals surface area contributed by atoms with Gasteiger partial charge in [-0.3, -0.25) is 20.9 Å². The first-order chi connectivity index (χ1) is 20.3. The van der Waals surface area contributed by atoms with E-state index in [2.05, 4.69) is 124 Å². The van der Waals surface area contributed by atoms with Crippen LogP contribution in [0.15, 0.2) is 126 Å². The van der Waals surface area contributed by atoms with Gasteiger partial charge in [-0.15, -0.1) is 58.1 Å².